The van der Waals surface area contributed by atoms with Gasteiger partial charge < -0.3 is 0 Å². The number of hydrogen-bond acceptors (Lipinski definition) is 7. The van der Waals surface area contributed by atoms with E-state index in [0.29, 0.717) is 11.3 Å². The number of rotatable bonds is 5. The lowest BCUT2D eigenvalue weighted by molar-refractivity contribution is -0.385. The maximum Gasteiger partial charge on any atom is 0.270 e. The minimum atomic E-state index is -3.97. The van der Waals surface area contributed by atoms with Gasteiger partial charge in [0.15, 0.2) is 0 Å². The third kappa shape index (κ3) is 3.80. The molecule has 1 N–H and O–H groups in total. The summed E-state index contributed by atoms with van der Waals surface area (Å²) >= 11 is 1.45. The van der Waals surface area contributed by atoms with Gasteiger partial charge in [-0.05, 0) is 48.9 Å². The van der Waals surface area contributed by atoms with Crippen LogP contribution in [-0.2, 0) is 10.0 Å². The zero-order chi connectivity index (χ0) is 20.6. The highest BCUT2D eigenvalue weighted by Crippen LogP contribution is 2.31. The molecular formula is C19H14N4O4S2. The van der Waals surface area contributed by atoms with Crippen molar-refractivity contribution in [1.82, 2.24) is 9.97 Å². The van der Waals surface area contributed by atoms with Crippen LogP contribution in [0.3, 0.4) is 0 Å². The number of hydrogen-bond donors (Lipinski definition) is 1. The second-order valence-corrected chi connectivity index (χ2v) is 8.90. The van der Waals surface area contributed by atoms with Crippen molar-refractivity contribution in [3.05, 3.63) is 76.5 Å². The summed E-state index contributed by atoms with van der Waals surface area (Å²) in [6.07, 6.45) is 1.71. The standard InChI is InChI=1S/C19H14N4O4S2/c1-12-10-13(18-21-17-6-3-9-20-19(17)28-18)7-8-16(12)22-29(26,27)15-5-2-4-14(11-15)23(24)25/h2-11,22H,1H3. The number of sulfonamides is 1. The molecule has 0 aliphatic carbocycles. The van der Waals surface area contributed by atoms with E-state index in [4.69, 9.17) is 0 Å². The molecule has 8 nitrogen and oxygen atoms in total. The van der Waals surface area contributed by atoms with Crippen molar-refractivity contribution in [3.63, 3.8) is 0 Å². The van der Waals surface area contributed by atoms with Crippen LogP contribution in [0, 0.1) is 17.0 Å². The molecule has 0 atom stereocenters. The van der Waals surface area contributed by atoms with Crippen molar-refractivity contribution < 1.29 is 13.3 Å². The fraction of sp³-hybridized carbons (Fsp3) is 0.0526. The Labute approximate surface area is 170 Å². The molecule has 2 aromatic carbocycles. The van der Waals surface area contributed by atoms with Crippen LogP contribution < -0.4 is 4.72 Å². The first-order chi connectivity index (χ1) is 13.8. The minimum Gasteiger partial charge on any atom is -0.279 e. The van der Waals surface area contributed by atoms with Gasteiger partial charge in [-0.15, -0.1) is 0 Å². The van der Waals surface area contributed by atoms with E-state index in [9.17, 15) is 18.5 Å². The third-order valence-electron chi connectivity index (χ3n) is 4.22. The van der Waals surface area contributed by atoms with Gasteiger partial charge in [0, 0.05) is 23.9 Å². The lowest BCUT2D eigenvalue weighted by Gasteiger charge is -2.11. The molecule has 0 bridgehead atoms. The maximum atomic E-state index is 12.6. The monoisotopic (exact) mass is 426 g/mol. The molecule has 0 spiro atoms. The van der Waals surface area contributed by atoms with Gasteiger partial charge in [-0.3, -0.25) is 14.8 Å². The predicted octanol–water partition coefficient (Wildman–Crippen LogP) is 4.38. The van der Waals surface area contributed by atoms with Gasteiger partial charge in [0.25, 0.3) is 15.7 Å². The average Bonchev–Trinajstić information content (AvgIpc) is 3.14. The van der Waals surface area contributed by atoms with Crippen molar-refractivity contribution in [2.24, 2.45) is 0 Å². The van der Waals surface area contributed by atoms with Gasteiger partial charge in [-0.1, -0.05) is 17.4 Å². The summed E-state index contributed by atoms with van der Waals surface area (Å²) in [6, 6.07) is 13.9. The van der Waals surface area contributed by atoms with Crippen LogP contribution >= 0.6 is 11.3 Å². The molecule has 0 amide bonds. The van der Waals surface area contributed by atoms with E-state index in [1.54, 1.807) is 25.3 Å². The predicted molar refractivity (Wildman–Crippen MR) is 111 cm³/mol. The van der Waals surface area contributed by atoms with Crippen molar-refractivity contribution in [1.29, 1.82) is 0 Å². The highest BCUT2D eigenvalue weighted by atomic mass is 32.2. The molecule has 0 saturated carbocycles. The van der Waals surface area contributed by atoms with E-state index in [0.717, 1.165) is 27.0 Å². The van der Waals surface area contributed by atoms with E-state index in [1.807, 2.05) is 18.2 Å². The molecule has 10 heteroatoms. The second-order valence-electron chi connectivity index (χ2n) is 6.24. The van der Waals surface area contributed by atoms with E-state index >= 15 is 0 Å². The molecule has 29 heavy (non-hydrogen) atoms. The third-order valence-corrected chi connectivity index (χ3v) is 6.61. The number of nitro groups is 1. The Bertz CT molecular complexity index is 1320. The van der Waals surface area contributed by atoms with Crippen molar-refractivity contribution >= 4 is 43.1 Å². The first-order valence-electron chi connectivity index (χ1n) is 8.43. The average molecular weight is 426 g/mol. The second kappa shape index (κ2) is 7.22. The van der Waals surface area contributed by atoms with Gasteiger partial charge in [0.2, 0.25) is 0 Å². The van der Waals surface area contributed by atoms with Crippen molar-refractivity contribution in [3.8, 4) is 10.6 Å². The first kappa shape index (κ1) is 19.0. The minimum absolute atomic E-state index is 0.174. The number of aromatic nitrogens is 2. The number of nitrogens with one attached hydrogen (secondary N) is 1. The van der Waals surface area contributed by atoms with E-state index < -0.39 is 14.9 Å². The summed E-state index contributed by atoms with van der Waals surface area (Å²) in [7, 11) is -3.97. The molecule has 0 unspecified atom stereocenters. The molecule has 0 aliphatic heterocycles. The van der Waals surface area contributed by atoms with Gasteiger partial charge >= 0.3 is 0 Å². The highest BCUT2D eigenvalue weighted by molar-refractivity contribution is 7.92. The Balaban J connectivity index is 1.64. The zero-order valence-electron chi connectivity index (χ0n) is 15.1. The van der Waals surface area contributed by atoms with Crippen LogP contribution in [-0.4, -0.2) is 23.3 Å². The van der Waals surface area contributed by atoms with Gasteiger partial charge in [-0.25, -0.2) is 18.4 Å². The smallest absolute Gasteiger partial charge is 0.270 e. The maximum absolute atomic E-state index is 12.6. The van der Waals surface area contributed by atoms with Crippen LogP contribution in [0.2, 0.25) is 0 Å². The SMILES string of the molecule is Cc1cc(-c2nc3cccnc3s2)ccc1NS(=O)(=O)c1cccc([N+](=O)[O-])c1. The number of non-ortho nitro benzene ring substituents is 1. The Morgan fingerprint density at radius 2 is 1.93 bits per heavy atom. The van der Waals surface area contributed by atoms with E-state index in [2.05, 4.69) is 14.7 Å². The molecule has 0 aliphatic rings. The topological polar surface area (TPSA) is 115 Å². The Hall–Kier alpha value is -3.37. The molecule has 4 aromatic rings. The highest BCUT2D eigenvalue weighted by Gasteiger charge is 2.19. The van der Waals surface area contributed by atoms with Crippen LogP contribution in [0.4, 0.5) is 11.4 Å². The molecule has 146 valence electrons. The number of thiazole rings is 1. The quantitative estimate of drug-likeness (QED) is 0.374. The van der Waals surface area contributed by atoms with Crippen LogP contribution in [0.5, 0.6) is 0 Å². The Morgan fingerprint density at radius 1 is 1.10 bits per heavy atom. The van der Waals surface area contributed by atoms with E-state index in [-0.39, 0.29) is 10.6 Å². The summed E-state index contributed by atoms with van der Waals surface area (Å²) < 4.78 is 27.8. The fourth-order valence-corrected chi connectivity index (χ4v) is 4.85. The Kier molecular flexibility index (Phi) is 4.73. The van der Waals surface area contributed by atoms with Crippen LogP contribution in [0.15, 0.2) is 65.7 Å². The molecule has 0 radical (unpaired) electrons. The van der Waals surface area contributed by atoms with Gasteiger partial charge in [0.1, 0.15) is 15.4 Å². The number of nitrogens with zero attached hydrogens (tertiary/aromatic N) is 3. The van der Waals surface area contributed by atoms with Crippen LogP contribution in [0.1, 0.15) is 5.56 Å². The molecule has 2 aromatic heterocycles. The summed E-state index contributed by atoms with van der Waals surface area (Å²) in [6.45, 7) is 1.78. The molecule has 2 heterocycles. The van der Waals surface area contributed by atoms with Crippen molar-refractivity contribution in [2.75, 3.05) is 4.72 Å². The number of fused-ring (bicyclic) bond motifs is 1. The molecule has 0 saturated heterocycles. The Morgan fingerprint density at radius 3 is 2.66 bits per heavy atom. The summed E-state index contributed by atoms with van der Waals surface area (Å²) in [5.74, 6) is 0. The number of benzene rings is 2. The summed E-state index contributed by atoms with van der Waals surface area (Å²) in [5.41, 5.74) is 2.46. The van der Waals surface area contributed by atoms with Gasteiger partial charge in [0.05, 0.1) is 15.5 Å². The molecular weight excluding hydrogens is 412 g/mol. The molecule has 4 rings (SSSR count). The molecule has 0 fully saturated rings. The summed E-state index contributed by atoms with van der Waals surface area (Å²) in [5, 5.41) is 11.7. The lowest BCUT2D eigenvalue weighted by atomic mass is 10.1. The number of pyridine rings is 1. The summed E-state index contributed by atoms with van der Waals surface area (Å²) in [4.78, 5) is 19.8. The number of aryl methyl sites for hydroxylation is 1. The largest absolute Gasteiger partial charge is 0.279 e. The number of nitro benzene ring substituents is 1. The normalized spacial score (nSPS) is 11.5. The fourth-order valence-electron chi connectivity index (χ4n) is 2.77. The zero-order valence-corrected chi connectivity index (χ0v) is 16.7. The van der Waals surface area contributed by atoms with E-state index in [1.165, 1.54) is 29.5 Å². The number of anilines is 1. The van der Waals surface area contributed by atoms with Crippen LogP contribution in [0.25, 0.3) is 20.9 Å². The van der Waals surface area contributed by atoms with Gasteiger partial charge in [-0.2, -0.15) is 0 Å². The first-order valence-corrected chi connectivity index (χ1v) is 10.7. The van der Waals surface area contributed by atoms with Crippen molar-refractivity contribution in [2.45, 2.75) is 11.8 Å². The lowest BCUT2D eigenvalue weighted by Crippen LogP contribution is -2.14.